The molecule has 0 aliphatic heterocycles. The van der Waals surface area contributed by atoms with Crippen LogP contribution in [-0.4, -0.2) is 40.8 Å². The van der Waals surface area contributed by atoms with Crippen molar-refractivity contribution >= 4 is 16.9 Å². The fourth-order valence-electron chi connectivity index (χ4n) is 3.54. The van der Waals surface area contributed by atoms with Gasteiger partial charge in [0.05, 0.1) is 18.1 Å². The normalized spacial score (nSPS) is 13.5. The van der Waals surface area contributed by atoms with Gasteiger partial charge in [-0.15, -0.1) is 0 Å². The highest BCUT2D eigenvalue weighted by Gasteiger charge is 2.61. The second kappa shape index (κ2) is 8.55. The van der Waals surface area contributed by atoms with Crippen LogP contribution in [0.5, 0.6) is 6.01 Å². The zero-order valence-electron chi connectivity index (χ0n) is 17.6. The average molecular weight is 456 g/mol. The molecular weight excluding hydrogens is 437 g/mol. The Labute approximate surface area is 186 Å². The van der Waals surface area contributed by atoms with Crippen LogP contribution in [-0.2, 0) is 10.6 Å². The molecule has 0 radical (unpaired) electrons. The number of aromatic nitrogens is 3. The van der Waals surface area contributed by atoms with Gasteiger partial charge in [-0.3, -0.25) is 15.1 Å². The van der Waals surface area contributed by atoms with E-state index in [0.717, 1.165) is 12.7 Å². The van der Waals surface area contributed by atoms with E-state index >= 15 is 0 Å². The molecule has 2 heterocycles. The highest BCUT2D eigenvalue weighted by Crippen LogP contribution is 2.41. The zero-order valence-corrected chi connectivity index (χ0v) is 17.6. The van der Waals surface area contributed by atoms with E-state index in [2.05, 4.69) is 9.97 Å². The Morgan fingerprint density at radius 3 is 2.36 bits per heavy atom. The minimum Gasteiger partial charge on any atom is -0.468 e. The minimum absolute atomic E-state index is 0.0328. The summed E-state index contributed by atoms with van der Waals surface area (Å²) in [6, 6.07) is 15.4. The number of hydrogen-bond acceptors (Lipinski definition) is 5. The summed E-state index contributed by atoms with van der Waals surface area (Å²) in [5, 5.41) is 2.00. The molecule has 1 unspecified atom stereocenters. The first-order valence-electron chi connectivity index (χ1n) is 9.77. The second-order valence-electron chi connectivity index (χ2n) is 7.05. The smallest absolute Gasteiger partial charge is 0.459 e. The topological polar surface area (TPSA) is 78.3 Å². The quantitative estimate of drug-likeness (QED) is 0.437. The lowest BCUT2D eigenvalue weighted by atomic mass is 10.1. The van der Waals surface area contributed by atoms with Crippen molar-refractivity contribution in [2.45, 2.75) is 12.0 Å². The molecule has 0 saturated heterocycles. The first-order chi connectivity index (χ1) is 15.8. The fourth-order valence-corrected chi connectivity index (χ4v) is 3.54. The number of ether oxygens (including phenoxy) is 2. The van der Waals surface area contributed by atoms with Gasteiger partial charge in [-0.1, -0.05) is 30.3 Å². The number of carbonyl (C=O) groups is 1. The molecule has 4 aromatic rings. The number of carbonyl (C=O) groups excluding carboxylic acids is 1. The molecule has 0 aliphatic rings. The van der Waals surface area contributed by atoms with Crippen molar-refractivity contribution in [2.75, 3.05) is 14.2 Å². The number of alkyl halides is 3. The molecule has 170 valence electrons. The van der Waals surface area contributed by atoms with Crippen LogP contribution in [0.2, 0.25) is 0 Å². The summed E-state index contributed by atoms with van der Waals surface area (Å²) in [5.41, 5.74) is 1.76. The molecule has 0 fully saturated rings. The van der Waals surface area contributed by atoms with Crippen molar-refractivity contribution in [3.63, 3.8) is 0 Å². The van der Waals surface area contributed by atoms with Crippen LogP contribution in [0.25, 0.3) is 22.2 Å². The van der Waals surface area contributed by atoms with E-state index in [-0.39, 0.29) is 22.6 Å². The Morgan fingerprint density at radius 2 is 1.76 bits per heavy atom. The Kier molecular flexibility index (Phi) is 5.77. The van der Waals surface area contributed by atoms with Crippen molar-refractivity contribution < 1.29 is 27.4 Å². The maximum atomic E-state index is 14.6. The Hall–Kier alpha value is -3.92. The summed E-state index contributed by atoms with van der Waals surface area (Å²) in [4.78, 5) is 21.0. The molecule has 0 spiro atoms. The number of imidazole rings is 1. The Balaban J connectivity index is 1.90. The molecule has 4 rings (SSSR count). The predicted molar refractivity (Wildman–Crippen MR) is 114 cm³/mol. The van der Waals surface area contributed by atoms with E-state index in [1.165, 1.54) is 25.3 Å². The van der Waals surface area contributed by atoms with E-state index < -0.39 is 17.9 Å². The summed E-state index contributed by atoms with van der Waals surface area (Å²) in [7, 11) is 2.05. The van der Waals surface area contributed by atoms with Gasteiger partial charge in [0.2, 0.25) is 0 Å². The number of benzene rings is 2. The molecule has 2 aromatic heterocycles. The van der Waals surface area contributed by atoms with Crippen molar-refractivity contribution in [2.24, 2.45) is 0 Å². The third-order valence-electron chi connectivity index (χ3n) is 5.11. The van der Waals surface area contributed by atoms with Crippen molar-refractivity contribution in [3.8, 4) is 17.1 Å². The van der Waals surface area contributed by atoms with E-state index in [0.29, 0.717) is 10.1 Å². The monoisotopic (exact) mass is 456 g/mol. The molecule has 0 bridgehead atoms. The number of nitrogens with zero attached hydrogens (tertiary/aromatic N) is 3. The van der Waals surface area contributed by atoms with Crippen molar-refractivity contribution in [1.82, 2.24) is 19.9 Å². The molecule has 7 nitrogen and oxygen atoms in total. The molecule has 1 amide bonds. The molecule has 10 heteroatoms. The molecule has 1 N–H and O–H groups in total. The largest absolute Gasteiger partial charge is 0.468 e. The van der Waals surface area contributed by atoms with Gasteiger partial charge in [0, 0.05) is 30.6 Å². The van der Waals surface area contributed by atoms with Gasteiger partial charge in [-0.25, -0.2) is 4.57 Å². The lowest BCUT2D eigenvalue weighted by Crippen LogP contribution is -2.61. The highest BCUT2D eigenvalue weighted by atomic mass is 19.4. The SMILES string of the molecule is COc1nc2cc(-c3cccnc3)ccc2n1C(NC(=O)c1ccccc1)(OC)C(F)(F)F. The number of hydrogen-bond donors (Lipinski definition) is 1. The van der Waals surface area contributed by atoms with E-state index in [1.54, 1.807) is 48.8 Å². The molecule has 2 aromatic carbocycles. The highest BCUT2D eigenvalue weighted by molar-refractivity contribution is 5.94. The average Bonchev–Trinajstić information content (AvgIpc) is 3.21. The number of amides is 1. The Bertz CT molecular complexity index is 1280. The van der Waals surface area contributed by atoms with E-state index in [1.807, 2.05) is 11.4 Å². The molecular formula is C23H19F3N4O3. The third-order valence-corrected chi connectivity index (χ3v) is 5.11. The zero-order chi connectivity index (χ0) is 23.6. The van der Waals surface area contributed by atoms with Crippen LogP contribution in [0.1, 0.15) is 10.4 Å². The number of fused-ring (bicyclic) bond motifs is 1. The maximum absolute atomic E-state index is 14.6. The van der Waals surface area contributed by atoms with Crippen molar-refractivity contribution in [3.05, 3.63) is 78.6 Å². The molecule has 0 aliphatic carbocycles. The summed E-state index contributed by atoms with van der Waals surface area (Å²) >= 11 is 0. The summed E-state index contributed by atoms with van der Waals surface area (Å²) in [6.45, 7) is 0. The third kappa shape index (κ3) is 3.89. The first-order valence-corrected chi connectivity index (χ1v) is 9.77. The number of nitrogens with one attached hydrogen (secondary N) is 1. The van der Waals surface area contributed by atoms with Crippen LogP contribution in [0.4, 0.5) is 13.2 Å². The summed E-state index contributed by atoms with van der Waals surface area (Å²) in [6.07, 6.45) is -1.83. The lowest BCUT2D eigenvalue weighted by molar-refractivity contribution is -0.317. The number of rotatable bonds is 6. The van der Waals surface area contributed by atoms with E-state index in [4.69, 9.17) is 9.47 Å². The fraction of sp³-hybridized carbons (Fsp3) is 0.174. The first kappa shape index (κ1) is 22.3. The van der Waals surface area contributed by atoms with Gasteiger partial charge >= 0.3 is 18.0 Å². The Morgan fingerprint density at radius 1 is 1.00 bits per heavy atom. The minimum atomic E-state index is -5.07. The standard InChI is InChI=1S/C23H19F3N4O3/c1-32-21-28-18-13-16(17-9-6-12-27-14-17)10-11-19(18)30(21)23(33-2,22(24,25)26)29-20(31)15-7-4-3-5-8-15/h3-14H,1-2H3,(H,29,31). The molecule has 1 atom stereocenters. The number of halogens is 3. The summed E-state index contributed by atoms with van der Waals surface area (Å²) < 4.78 is 54.5. The lowest BCUT2D eigenvalue weighted by Gasteiger charge is -2.36. The molecule has 0 saturated carbocycles. The second-order valence-corrected chi connectivity index (χ2v) is 7.05. The van der Waals surface area contributed by atoms with Crippen LogP contribution >= 0.6 is 0 Å². The van der Waals surface area contributed by atoms with Gasteiger partial charge in [-0.2, -0.15) is 18.2 Å². The van der Waals surface area contributed by atoms with Gasteiger partial charge < -0.3 is 9.47 Å². The van der Waals surface area contributed by atoms with Gasteiger partial charge in [-0.05, 0) is 35.9 Å². The van der Waals surface area contributed by atoms with Crippen LogP contribution in [0.3, 0.4) is 0 Å². The number of methoxy groups -OCH3 is 2. The van der Waals surface area contributed by atoms with Crippen LogP contribution in [0, 0.1) is 0 Å². The van der Waals surface area contributed by atoms with Gasteiger partial charge in [0.15, 0.2) is 0 Å². The predicted octanol–water partition coefficient (Wildman–Crippen LogP) is 4.36. The molecule has 33 heavy (non-hydrogen) atoms. The number of pyridine rings is 1. The van der Waals surface area contributed by atoms with Crippen molar-refractivity contribution in [1.29, 1.82) is 0 Å². The van der Waals surface area contributed by atoms with Gasteiger partial charge in [0.25, 0.3) is 5.91 Å². The summed E-state index contributed by atoms with van der Waals surface area (Å²) in [5.74, 6) is -4.26. The van der Waals surface area contributed by atoms with Crippen LogP contribution < -0.4 is 10.1 Å². The van der Waals surface area contributed by atoms with Crippen LogP contribution in [0.15, 0.2) is 73.1 Å². The maximum Gasteiger partial charge on any atom is 0.459 e. The van der Waals surface area contributed by atoms with Gasteiger partial charge in [0.1, 0.15) is 0 Å². The van der Waals surface area contributed by atoms with E-state index in [9.17, 15) is 18.0 Å².